The maximum absolute atomic E-state index is 12.3. The molecule has 0 aromatic heterocycles. The van der Waals surface area contributed by atoms with E-state index in [9.17, 15) is 4.79 Å². The molecule has 0 saturated heterocycles. The fourth-order valence-electron chi connectivity index (χ4n) is 4.36. The van der Waals surface area contributed by atoms with Gasteiger partial charge in [-0.25, -0.2) is 0 Å². The zero-order valence-electron chi connectivity index (χ0n) is 14.1. The van der Waals surface area contributed by atoms with E-state index in [-0.39, 0.29) is 5.91 Å². The number of anilines is 1. The molecule has 2 bridgehead atoms. The molecular weight excluding hydrogens is 286 g/mol. The van der Waals surface area contributed by atoms with Gasteiger partial charge >= 0.3 is 0 Å². The molecule has 2 aliphatic carbocycles. The quantitative estimate of drug-likeness (QED) is 0.783. The first kappa shape index (κ1) is 16.3. The second-order valence-corrected chi connectivity index (χ2v) is 7.27. The predicted octanol–water partition coefficient (Wildman–Crippen LogP) is 2.82. The average Bonchev–Trinajstić information content (AvgIpc) is 2.50. The van der Waals surface area contributed by atoms with Gasteiger partial charge in [0.05, 0.1) is 0 Å². The van der Waals surface area contributed by atoms with E-state index in [4.69, 9.17) is 5.73 Å². The molecular formula is C19H29N3O. The number of carbonyl (C=O) groups excluding carboxylic acids is 1. The minimum absolute atomic E-state index is 0.170. The Morgan fingerprint density at radius 1 is 1.22 bits per heavy atom. The summed E-state index contributed by atoms with van der Waals surface area (Å²) in [5.41, 5.74) is 8.48. The number of rotatable bonds is 5. The summed E-state index contributed by atoms with van der Waals surface area (Å²) in [5.74, 6) is 1.35. The normalized spacial score (nSPS) is 29.8. The van der Waals surface area contributed by atoms with Crippen LogP contribution in [0.2, 0.25) is 0 Å². The summed E-state index contributed by atoms with van der Waals surface area (Å²) in [6, 6.07) is 8.87. The molecule has 4 nitrogen and oxygen atoms in total. The van der Waals surface area contributed by atoms with E-state index < -0.39 is 0 Å². The third kappa shape index (κ3) is 4.05. The number of hydrogen-bond acceptors (Lipinski definition) is 3. The Hall–Kier alpha value is -1.55. The lowest BCUT2D eigenvalue weighted by atomic mass is 9.67. The minimum Gasteiger partial charge on any atom is -0.384 e. The molecule has 1 amide bonds. The van der Waals surface area contributed by atoms with Crippen LogP contribution in [0.25, 0.3) is 0 Å². The molecule has 23 heavy (non-hydrogen) atoms. The van der Waals surface area contributed by atoms with Gasteiger partial charge in [-0.2, -0.15) is 0 Å². The first-order valence-electron chi connectivity index (χ1n) is 8.98. The molecule has 0 heterocycles. The topological polar surface area (TPSA) is 67.2 Å². The van der Waals surface area contributed by atoms with Crippen LogP contribution in [0.4, 0.5) is 5.69 Å². The summed E-state index contributed by atoms with van der Waals surface area (Å²) in [6.45, 7) is 2.76. The summed E-state index contributed by atoms with van der Waals surface area (Å²) >= 11 is 0. The van der Waals surface area contributed by atoms with Crippen molar-refractivity contribution in [2.45, 2.75) is 57.5 Å². The number of nitrogens with one attached hydrogen (secondary N) is 2. The lowest BCUT2D eigenvalue weighted by molar-refractivity contribution is -0.123. The maximum atomic E-state index is 12.3. The highest BCUT2D eigenvalue weighted by atomic mass is 16.1. The number of nitrogens with two attached hydrogens (primary N) is 1. The van der Waals surface area contributed by atoms with Gasteiger partial charge in [-0.1, -0.05) is 24.6 Å². The molecule has 2 fully saturated rings. The average molecular weight is 315 g/mol. The zero-order chi connectivity index (χ0) is 16.2. The van der Waals surface area contributed by atoms with Crippen LogP contribution in [0.1, 0.15) is 44.1 Å². The number of benzene rings is 1. The first-order chi connectivity index (χ1) is 11.1. The molecule has 2 aliphatic rings. The van der Waals surface area contributed by atoms with Gasteiger partial charge in [0, 0.05) is 30.7 Å². The third-order valence-electron chi connectivity index (χ3n) is 5.52. The minimum atomic E-state index is 0.170. The number of amides is 1. The van der Waals surface area contributed by atoms with E-state index in [1.807, 2.05) is 12.1 Å². The third-order valence-corrected chi connectivity index (χ3v) is 5.52. The number of carbonyl (C=O) groups is 1. The second-order valence-electron chi connectivity index (χ2n) is 7.27. The van der Waals surface area contributed by atoms with Crippen molar-refractivity contribution in [2.24, 2.45) is 17.6 Å². The molecule has 0 radical (unpaired) electrons. The van der Waals surface area contributed by atoms with Crippen LogP contribution < -0.4 is 16.4 Å². The van der Waals surface area contributed by atoms with E-state index >= 15 is 0 Å². The number of aryl methyl sites for hydroxylation is 1. The van der Waals surface area contributed by atoms with Gasteiger partial charge in [-0.3, -0.25) is 4.79 Å². The van der Waals surface area contributed by atoms with Crippen molar-refractivity contribution in [3.63, 3.8) is 0 Å². The Labute approximate surface area is 139 Å². The van der Waals surface area contributed by atoms with Crippen molar-refractivity contribution in [1.82, 2.24) is 5.32 Å². The van der Waals surface area contributed by atoms with Gasteiger partial charge in [0.2, 0.25) is 5.91 Å². The Morgan fingerprint density at radius 3 is 2.61 bits per heavy atom. The van der Waals surface area contributed by atoms with Crippen LogP contribution >= 0.6 is 0 Å². The number of hydrogen-bond donors (Lipinski definition) is 3. The van der Waals surface area contributed by atoms with Crippen LogP contribution in [0.15, 0.2) is 24.3 Å². The molecule has 1 aromatic rings. The van der Waals surface area contributed by atoms with Crippen molar-refractivity contribution in [3.8, 4) is 0 Å². The summed E-state index contributed by atoms with van der Waals surface area (Å²) in [4.78, 5) is 12.3. The SMILES string of the molecule is Cc1ccccc1NCCC(=O)NC1C2CCCC1CC(N)C2. The monoisotopic (exact) mass is 315 g/mol. The molecule has 0 aliphatic heterocycles. The van der Waals surface area contributed by atoms with Crippen molar-refractivity contribution in [2.75, 3.05) is 11.9 Å². The van der Waals surface area contributed by atoms with Gasteiger partial charge in [-0.15, -0.1) is 0 Å². The van der Waals surface area contributed by atoms with Gasteiger partial charge in [0.15, 0.2) is 0 Å². The fraction of sp³-hybridized carbons (Fsp3) is 0.632. The van der Waals surface area contributed by atoms with E-state index in [1.165, 1.54) is 24.8 Å². The highest BCUT2D eigenvalue weighted by molar-refractivity contribution is 5.77. The van der Waals surface area contributed by atoms with Crippen LogP contribution in [0.3, 0.4) is 0 Å². The molecule has 1 aromatic carbocycles. The van der Waals surface area contributed by atoms with Gasteiger partial charge in [-0.05, 0) is 56.1 Å². The van der Waals surface area contributed by atoms with Crippen molar-refractivity contribution in [1.29, 1.82) is 0 Å². The first-order valence-corrected chi connectivity index (χ1v) is 8.98. The van der Waals surface area contributed by atoms with Crippen LogP contribution in [-0.2, 0) is 4.79 Å². The lowest BCUT2D eigenvalue weighted by Gasteiger charge is -2.45. The lowest BCUT2D eigenvalue weighted by Crippen LogP contribution is -2.53. The highest BCUT2D eigenvalue weighted by Crippen LogP contribution is 2.39. The molecule has 4 heteroatoms. The van der Waals surface area contributed by atoms with Gasteiger partial charge in [0.25, 0.3) is 0 Å². The number of fused-ring (bicyclic) bond motifs is 2. The molecule has 3 rings (SSSR count). The van der Waals surface area contributed by atoms with Crippen LogP contribution in [-0.4, -0.2) is 24.5 Å². The summed E-state index contributed by atoms with van der Waals surface area (Å²) in [7, 11) is 0. The Balaban J connectivity index is 1.47. The van der Waals surface area contributed by atoms with E-state index in [0.29, 0.717) is 36.9 Å². The molecule has 2 unspecified atom stereocenters. The van der Waals surface area contributed by atoms with E-state index in [1.54, 1.807) is 0 Å². The smallest absolute Gasteiger partial charge is 0.222 e. The van der Waals surface area contributed by atoms with E-state index in [2.05, 4.69) is 29.7 Å². The Morgan fingerprint density at radius 2 is 1.91 bits per heavy atom. The van der Waals surface area contributed by atoms with Crippen LogP contribution in [0, 0.1) is 18.8 Å². The summed E-state index contributed by atoms with van der Waals surface area (Å²) in [6.07, 6.45) is 6.40. The van der Waals surface area contributed by atoms with Crippen LogP contribution in [0.5, 0.6) is 0 Å². The van der Waals surface area contributed by atoms with E-state index in [0.717, 1.165) is 18.5 Å². The van der Waals surface area contributed by atoms with Crippen molar-refractivity contribution < 1.29 is 4.79 Å². The number of para-hydroxylation sites is 1. The second kappa shape index (κ2) is 7.35. The highest BCUT2D eigenvalue weighted by Gasteiger charge is 2.39. The van der Waals surface area contributed by atoms with Gasteiger partial charge < -0.3 is 16.4 Å². The van der Waals surface area contributed by atoms with Crippen molar-refractivity contribution in [3.05, 3.63) is 29.8 Å². The zero-order valence-corrected chi connectivity index (χ0v) is 14.1. The molecule has 0 spiro atoms. The molecule has 4 N–H and O–H groups in total. The molecule has 126 valence electrons. The van der Waals surface area contributed by atoms with Gasteiger partial charge in [0.1, 0.15) is 0 Å². The standard InChI is InChI=1S/C19H29N3O/c1-13-5-2-3-8-17(13)21-10-9-18(23)22-19-14-6-4-7-15(19)12-16(20)11-14/h2-3,5,8,14-16,19,21H,4,6-7,9-12,20H2,1H3,(H,22,23). The molecule has 2 saturated carbocycles. The summed E-state index contributed by atoms with van der Waals surface area (Å²) in [5, 5.41) is 6.67. The molecule has 2 atom stereocenters. The fourth-order valence-corrected chi connectivity index (χ4v) is 4.36. The van der Waals surface area contributed by atoms with Crippen molar-refractivity contribution >= 4 is 11.6 Å². The summed E-state index contributed by atoms with van der Waals surface area (Å²) < 4.78 is 0. The maximum Gasteiger partial charge on any atom is 0.222 e. The Bertz CT molecular complexity index is 531. The predicted molar refractivity (Wildman–Crippen MR) is 94.3 cm³/mol. The Kier molecular flexibility index (Phi) is 5.21. The largest absolute Gasteiger partial charge is 0.384 e.